The molecule has 0 heterocycles. The summed E-state index contributed by atoms with van der Waals surface area (Å²) >= 11 is 0. The van der Waals surface area contributed by atoms with Crippen LogP contribution >= 0.6 is 0 Å². The normalized spacial score (nSPS) is 39.5. The van der Waals surface area contributed by atoms with Gasteiger partial charge in [-0.05, 0) is 149 Å². The van der Waals surface area contributed by atoms with E-state index in [1.165, 1.54) is 74.5 Å². The lowest BCUT2D eigenvalue weighted by Crippen LogP contribution is -2.65. The number of nitrogens with one attached hydrogen (secondary N) is 1. The van der Waals surface area contributed by atoms with Crippen LogP contribution in [0.4, 0.5) is 0 Å². The molecule has 5 aliphatic carbocycles. The lowest BCUT2D eigenvalue weighted by atomic mass is 9.32. The Morgan fingerprint density at radius 1 is 0.851 bits per heavy atom. The van der Waals surface area contributed by atoms with Crippen molar-refractivity contribution in [2.24, 2.45) is 55.9 Å². The van der Waals surface area contributed by atoms with Gasteiger partial charge in [0, 0.05) is 13.1 Å². The highest BCUT2D eigenvalue weighted by Crippen LogP contribution is 2.77. The molecule has 0 amide bonds. The van der Waals surface area contributed by atoms with Gasteiger partial charge in [0.2, 0.25) is 0 Å². The molecule has 5 nitrogen and oxygen atoms in total. The van der Waals surface area contributed by atoms with Crippen molar-refractivity contribution in [2.45, 2.75) is 110 Å². The lowest BCUT2D eigenvalue weighted by molar-refractivity contribution is -0.222. The summed E-state index contributed by atoms with van der Waals surface area (Å²) < 4.78 is 11.6. The Balaban J connectivity index is 1.11. The molecule has 2 aromatic carbocycles. The van der Waals surface area contributed by atoms with E-state index >= 15 is 0 Å². The second-order valence-corrected chi connectivity index (χ2v) is 18.6. The Hall–Kier alpha value is -2.28. The maximum Gasteiger partial charge on any atom is 0.335 e. The minimum Gasteiger partial charge on any atom is -0.478 e. The first-order valence-electron chi connectivity index (χ1n) is 18.3. The fraction of sp³-hybridized carbons (Fsp3) is 0.634. The summed E-state index contributed by atoms with van der Waals surface area (Å²) in [6, 6.07) is 15.5. The summed E-state index contributed by atoms with van der Waals surface area (Å²) in [5, 5.41) is 18.9. The zero-order valence-electron chi connectivity index (χ0n) is 29.2. The van der Waals surface area contributed by atoms with Crippen molar-refractivity contribution in [2.75, 3.05) is 6.54 Å². The Kier molecular flexibility index (Phi) is 8.24. The molecule has 5 aliphatic rings. The molecule has 0 aliphatic heterocycles. The molecule has 2 aromatic rings. The van der Waals surface area contributed by atoms with Gasteiger partial charge in [-0.25, -0.2) is 14.1 Å². The number of carboxylic acid groups (broad SMARTS) is 1. The van der Waals surface area contributed by atoms with Gasteiger partial charge in [0.25, 0.3) is 0 Å². The minimum absolute atomic E-state index is 0.0391. The van der Waals surface area contributed by atoms with Gasteiger partial charge in [-0.15, -0.1) is 0 Å². The molecular weight excluding hydrogens is 601 g/mol. The van der Waals surface area contributed by atoms with Gasteiger partial charge >= 0.3 is 5.97 Å². The van der Waals surface area contributed by atoms with E-state index in [1.807, 2.05) is 24.3 Å². The number of carbonyl (C=O) groups is 1. The summed E-state index contributed by atoms with van der Waals surface area (Å²) in [5.41, 5.74) is 5.63. The SMILES string of the molecule is CC1(C)C(c2ccc(C(=O)O)cc2)=CCC2(C)C1CCC1(C)C2CCC2C3CCCC3(CNCc3ccc(S(N)=O)cc3)CC[C@]21C. The predicted octanol–water partition coefficient (Wildman–Crippen LogP) is 9.00. The number of nitrogens with two attached hydrogens (primary N) is 1. The number of benzene rings is 2. The number of hydrogen-bond donors (Lipinski definition) is 3. The van der Waals surface area contributed by atoms with E-state index in [2.05, 4.69) is 58.1 Å². The zero-order chi connectivity index (χ0) is 33.4. The zero-order valence-corrected chi connectivity index (χ0v) is 30.1. The monoisotopic (exact) mass is 656 g/mol. The molecule has 4 saturated carbocycles. The van der Waals surface area contributed by atoms with Gasteiger partial charge in [0.1, 0.15) is 11.0 Å². The highest BCUT2D eigenvalue weighted by Gasteiger charge is 2.69. The largest absolute Gasteiger partial charge is 0.478 e. The second kappa shape index (κ2) is 11.7. The summed E-state index contributed by atoms with van der Waals surface area (Å²) in [6.45, 7) is 15.0. The average Bonchev–Trinajstić information content (AvgIpc) is 3.45. The quantitative estimate of drug-likeness (QED) is 0.277. The Morgan fingerprint density at radius 2 is 1.57 bits per heavy atom. The third kappa shape index (κ3) is 5.05. The van der Waals surface area contributed by atoms with Crippen LogP contribution in [0.1, 0.15) is 120 Å². The third-order valence-corrected chi connectivity index (χ3v) is 16.3. The van der Waals surface area contributed by atoms with Crippen molar-refractivity contribution < 1.29 is 14.1 Å². The Morgan fingerprint density at radius 3 is 2.26 bits per heavy atom. The van der Waals surface area contributed by atoms with Crippen LogP contribution in [-0.4, -0.2) is 21.8 Å². The van der Waals surface area contributed by atoms with Gasteiger partial charge in [0.05, 0.1) is 10.5 Å². The highest BCUT2D eigenvalue weighted by molar-refractivity contribution is 7.82. The van der Waals surface area contributed by atoms with Crippen LogP contribution in [0.15, 0.2) is 59.5 Å². The van der Waals surface area contributed by atoms with Crippen molar-refractivity contribution in [3.63, 3.8) is 0 Å². The first-order valence-corrected chi connectivity index (χ1v) is 19.5. The van der Waals surface area contributed by atoms with E-state index in [0.717, 1.165) is 37.3 Å². The molecular formula is C41H56N2O3S. The highest BCUT2D eigenvalue weighted by atomic mass is 32.2. The predicted molar refractivity (Wildman–Crippen MR) is 191 cm³/mol. The fourth-order valence-electron chi connectivity index (χ4n) is 13.1. The van der Waals surface area contributed by atoms with Crippen LogP contribution in [0.3, 0.4) is 0 Å². The first kappa shape index (κ1) is 33.2. The van der Waals surface area contributed by atoms with Crippen LogP contribution in [0.25, 0.3) is 5.57 Å². The molecule has 0 saturated heterocycles. The molecule has 0 bridgehead atoms. The minimum atomic E-state index is -1.43. The molecule has 0 aromatic heterocycles. The molecule has 4 fully saturated rings. The smallest absolute Gasteiger partial charge is 0.335 e. The van der Waals surface area contributed by atoms with Gasteiger partial charge in [-0.2, -0.15) is 0 Å². The van der Waals surface area contributed by atoms with E-state index < -0.39 is 17.0 Å². The maximum absolute atomic E-state index is 11.6. The van der Waals surface area contributed by atoms with Crippen molar-refractivity contribution >= 4 is 22.5 Å². The molecule has 6 heteroatoms. The standard InChI is InChI=1S/C41H56N2O3S/c1-37(2)31(28-10-12-29(13-11-28)36(44)45)18-21-38(3)34(37)19-22-40(5)35(38)17-16-32-33-7-6-20-41(33,24-23-39(32,40)4)26-43-25-27-8-14-30(15-9-27)47(42)46/h8-15,18,32-35,43H,6-7,16-17,19-26,42H2,1-5H3,(H,44,45)/t32?,33?,34?,35?,38?,39-,40?,41?,47?/m1/s1. The number of allylic oxidation sites excluding steroid dienone is 2. The van der Waals surface area contributed by atoms with Gasteiger partial charge < -0.3 is 10.4 Å². The molecule has 0 spiro atoms. The first-order chi connectivity index (χ1) is 22.3. The van der Waals surface area contributed by atoms with E-state index in [0.29, 0.717) is 32.6 Å². The van der Waals surface area contributed by atoms with Crippen LogP contribution in [0.2, 0.25) is 0 Å². The second-order valence-electron chi connectivity index (χ2n) is 17.5. The third-order valence-electron chi connectivity index (χ3n) is 15.5. The van der Waals surface area contributed by atoms with Crippen LogP contribution in [-0.2, 0) is 17.5 Å². The summed E-state index contributed by atoms with van der Waals surface area (Å²) in [6.07, 6.45) is 15.8. The fourth-order valence-corrected chi connectivity index (χ4v) is 13.5. The lowest BCUT2D eigenvalue weighted by Gasteiger charge is -2.72. The van der Waals surface area contributed by atoms with Gasteiger partial charge in [0.15, 0.2) is 0 Å². The molecule has 0 radical (unpaired) electrons. The van der Waals surface area contributed by atoms with E-state index in [1.54, 1.807) is 12.1 Å². The Labute approximate surface area is 285 Å². The topological polar surface area (TPSA) is 92.4 Å². The molecule has 8 unspecified atom stereocenters. The summed E-state index contributed by atoms with van der Waals surface area (Å²) in [5.74, 6) is 2.09. The molecule has 47 heavy (non-hydrogen) atoms. The Bertz CT molecular complexity index is 1580. The summed E-state index contributed by atoms with van der Waals surface area (Å²) in [7, 11) is -1.43. The van der Waals surface area contributed by atoms with Gasteiger partial charge in [-0.3, -0.25) is 0 Å². The number of aromatic carboxylic acids is 1. The number of fused-ring (bicyclic) bond motifs is 7. The van der Waals surface area contributed by atoms with E-state index in [9.17, 15) is 14.1 Å². The number of carboxylic acids is 1. The van der Waals surface area contributed by atoms with E-state index in [-0.39, 0.29) is 10.8 Å². The van der Waals surface area contributed by atoms with Crippen molar-refractivity contribution in [3.8, 4) is 0 Å². The number of rotatable bonds is 7. The van der Waals surface area contributed by atoms with Crippen LogP contribution in [0.5, 0.6) is 0 Å². The average molecular weight is 657 g/mol. The van der Waals surface area contributed by atoms with E-state index in [4.69, 9.17) is 5.14 Å². The summed E-state index contributed by atoms with van der Waals surface area (Å²) in [4.78, 5) is 12.2. The molecule has 254 valence electrons. The van der Waals surface area contributed by atoms with Crippen LogP contribution < -0.4 is 10.5 Å². The van der Waals surface area contributed by atoms with Crippen molar-refractivity contribution in [3.05, 3.63) is 71.3 Å². The van der Waals surface area contributed by atoms with Crippen molar-refractivity contribution in [1.82, 2.24) is 5.32 Å². The maximum atomic E-state index is 11.6. The molecule has 7 rings (SSSR count). The van der Waals surface area contributed by atoms with Crippen LogP contribution in [0, 0.1) is 50.7 Å². The van der Waals surface area contributed by atoms with Crippen molar-refractivity contribution in [1.29, 1.82) is 0 Å². The molecule has 4 N–H and O–H groups in total. The molecule has 9 atom stereocenters. The van der Waals surface area contributed by atoms with Gasteiger partial charge in [-0.1, -0.05) is 71.4 Å². The number of hydrogen-bond acceptors (Lipinski definition) is 3.